The molecule has 5 nitrogen and oxygen atoms in total. The van der Waals surface area contributed by atoms with E-state index >= 15 is 0 Å². The van der Waals surface area contributed by atoms with Crippen LogP contribution in [0.1, 0.15) is 6.92 Å². The molecule has 1 N–H and O–H groups in total. The molecule has 0 saturated carbocycles. The minimum absolute atomic E-state index is 0. The zero-order chi connectivity index (χ0) is 12.3. The second-order valence-corrected chi connectivity index (χ2v) is 5.37. The summed E-state index contributed by atoms with van der Waals surface area (Å²) in [5.41, 5.74) is 6.91. The van der Waals surface area contributed by atoms with Crippen LogP contribution in [-0.2, 0) is 47.5 Å². The molecule has 1 radical (unpaired) electrons. The largest absolute Gasteiger partial charge is 0.666 e. The molecule has 1 aromatic carbocycles. The predicted molar refractivity (Wildman–Crippen MR) is 66.6 cm³/mol. The summed E-state index contributed by atoms with van der Waals surface area (Å²) in [5, 5.41) is 0. The van der Waals surface area contributed by atoms with Crippen LogP contribution in [0.3, 0.4) is 0 Å². The van der Waals surface area contributed by atoms with Crippen molar-refractivity contribution in [2.24, 2.45) is 0 Å². The second kappa shape index (κ2) is 7.99. The molecular formula is C11H16N2O3SY-2. The molecule has 0 aromatic heterocycles. The summed E-state index contributed by atoms with van der Waals surface area (Å²) >= 11 is 0. The van der Waals surface area contributed by atoms with E-state index < -0.39 is 22.0 Å². The van der Waals surface area contributed by atoms with Crippen molar-refractivity contribution >= 4 is 15.9 Å². The van der Waals surface area contributed by atoms with Crippen LogP contribution >= 0.6 is 0 Å². The molecule has 0 aliphatic carbocycles. The van der Waals surface area contributed by atoms with Gasteiger partial charge in [0.25, 0.3) is 0 Å². The van der Waals surface area contributed by atoms with Crippen LogP contribution < -0.4 is 0 Å². The van der Waals surface area contributed by atoms with Crippen LogP contribution in [0, 0.1) is 7.43 Å². The molecule has 7 heteroatoms. The van der Waals surface area contributed by atoms with Gasteiger partial charge in [-0.15, -0.1) is 0 Å². The number of rotatable bonds is 4. The van der Waals surface area contributed by atoms with E-state index in [4.69, 9.17) is 5.73 Å². The Morgan fingerprint density at radius 3 is 2.11 bits per heavy atom. The molecule has 99 valence electrons. The Morgan fingerprint density at radius 2 is 1.72 bits per heavy atom. The van der Waals surface area contributed by atoms with E-state index in [0.717, 1.165) is 4.31 Å². The Kier molecular flexibility index (Phi) is 8.89. The van der Waals surface area contributed by atoms with Crippen molar-refractivity contribution < 1.29 is 45.9 Å². The Labute approximate surface area is 134 Å². The molecule has 1 amide bonds. The first-order valence-electron chi connectivity index (χ1n) is 4.66. The molecular weight excluding hydrogens is 329 g/mol. The summed E-state index contributed by atoms with van der Waals surface area (Å²) in [4.78, 5) is 10.9. The van der Waals surface area contributed by atoms with Gasteiger partial charge in [-0.25, -0.2) is 8.42 Å². The SMILES string of the molecule is C[C@@H](C([NH-])=O)N(C)S(=O)(=O)c1ccccc1.[CH3-].[Y]. The Bertz CT molecular complexity index is 476. The van der Waals surface area contributed by atoms with E-state index in [9.17, 15) is 13.2 Å². The zero-order valence-electron chi connectivity index (χ0n) is 10.6. The number of amides is 1. The molecule has 0 fully saturated rings. The van der Waals surface area contributed by atoms with E-state index in [1.807, 2.05) is 0 Å². The maximum atomic E-state index is 12.0. The molecule has 0 spiro atoms. The third-order valence-electron chi connectivity index (χ3n) is 2.35. The first-order valence-corrected chi connectivity index (χ1v) is 6.10. The summed E-state index contributed by atoms with van der Waals surface area (Å²) in [6, 6.07) is 6.84. The summed E-state index contributed by atoms with van der Waals surface area (Å²) in [7, 11) is -2.40. The van der Waals surface area contributed by atoms with E-state index in [0.29, 0.717) is 0 Å². The van der Waals surface area contributed by atoms with Crippen molar-refractivity contribution in [2.75, 3.05) is 7.05 Å². The van der Waals surface area contributed by atoms with E-state index in [-0.39, 0.29) is 45.0 Å². The third kappa shape index (κ3) is 4.42. The molecule has 0 unspecified atom stereocenters. The Morgan fingerprint density at radius 1 is 1.28 bits per heavy atom. The van der Waals surface area contributed by atoms with Crippen molar-refractivity contribution in [3.8, 4) is 0 Å². The molecule has 0 aliphatic rings. The number of benzene rings is 1. The molecule has 1 atom stereocenters. The monoisotopic (exact) mass is 345 g/mol. The van der Waals surface area contributed by atoms with Gasteiger partial charge in [-0.1, -0.05) is 18.2 Å². The number of sulfonamides is 1. The van der Waals surface area contributed by atoms with Gasteiger partial charge in [-0.3, -0.25) is 0 Å². The van der Waals surface area contributed by atoms with E-state index in [1.165, 1.54) is 26.1 Å². The second-order valence-electron chi connectivity index (χ2n) is 3.37. The number of carbonyl (C=O) groups is 1. The smallest absolute Gasteiger partial charge is 0.243 e. The fraction of sp³-hybridized carbons (Fsp3) is 0.273. The van der Waals surface area contributed by atoms with Gasteiger partial charge in [0.05, 0.1) is 16.8 Å². The van der Waals surface area contributed by atoms with Crippen LogP contribution in [-0.4, -0.2) is 31.7 Å². The van der Waals surface area contributed by atoms with Gasteiger partial charge in [0, 0.05) is 39.8 Å². The minimum atomic E-state index is -3.69. The zero-order valence-corrected chi connectivity index (χ0v) is 14.3. The standard InChI is InChI=1S/C10H14N2O3S.CH3.Y/c1-8(10(11)13)12(2)16(14,15)9-6-4-3-5-7-9;;/h3-8H,1-2H3,(H2,11,13);1H3;/q;-1;/p-1/t8-;;/m0../s1. The van der Waals surface area contributed by atoms with Crippen molar-refractivity contribution in [3.05, 3.63) is 43.5 Å². The van der Waals surface area contributed by atoms with Gasteiger partial charge in [-0.05, 0) is 19.1 Å². The number of likely N-dealkylation sites (N-methyl/N-ethyl adjacent to an activating group) is 1. The number of carbonyl (C=O) groups excluding carboxylic acids is 1. The van der Waals surface area contributed by atoms with Crippen LogP contribution in [0.25, 0.3) is 5.73 Å². The summed E-state index contributed by atoms with van der Waals surface area (Å²) in [6.07, 6.45) is 0. The number of nitrogens with one attached hydrogen (secondary N) is 1. The number of hydrogen-bond donors (Lipinski definition) is 0. The van der Waals surface area contributed by atoms with Gasteiger partial charge in [-0.2, -0.15) is 4.31 Å². The van der Waals surface area contributed by atoms with Gasteiger partial charge in [0.1, 0.15) is 0 Å². The molecule has 0 saturated heterocycles. The number of nitrogens with zero attached hydrogens (tertiary/aromatic N) is 1. The molecule has 1 aromatic rings. The Hall–Kier alpha value is -0.296. The third-order valence-corrected chi connectivity index (χ3v) is 4.29. The van der Waals surface area contributed by atoms with Crippen molar-refractivity contribution in [1.29, 1.82) is 0 Å². The normalized spacial score (nSPS) is 12.2. The molecule has 1 rings (SSSR count). The fourth-order valence-corrected chi connectivity index (χ4v) is 2.48. The van der Waals surface area contributed by atoms with Crippen LogP contribution in [0.2, 0.25) is 0 Å². The summed E-state index contributed by atoms with van der Waals surface area (Å²) < 4.78 is 24.8. The molecule has 0 bridgehead atoms. The first-order chi connectivity index (χ1) is 7.37. The maximum Gasteiger partial charge on any atom is 0.243 e. The van der Waals surface area contributed by atoms with E-state index in [2.05, 4.69) is 0 Å². The van der Waals surface area contributed by atoms with Gasteiger partial charge in [0.15, 0.2) is 0 Å². The fourth-order valence-electron chi connectivity index (χ4n) is 1.13. The summed E-state index contributed by atoms with van der Waals surface area (Å²) in [6.45, 7) is 1.38. The Balaban J connectivity index is 0. The predicted octanol–water partition coefficient (Wildman–Crippen LogP) is 1.72. The van der Waals surface area contributed by atoms with Crippen molar-refractivity contribution in [2.45, 2.75) is 17.9 Å². The molecule has 18 heavy (non-hydrogen) atoms. The maximum absolute atomic E-state index is 12.0. The van der Waals surface area contributed by atoms with Crippen molar-refractivity contribution in [3.63, 3.8) is 0 Å². The quantitative estimate of drug-likeness (QED) is 0.780. The average molecular weight is 345 g/mol. The molecule has 0 aliphatic heterocycles. The first kappa shape index (κ1) is 20.0. The van der Waals surface area contributed by atoms with Crippen molar-refractivity contribution in [1.82, 2.24) is 4.31 Å². The van der Waals surface area contributed by atoms with E-state index in [1.54, 1.807) is 18.2 Å². The summed E-state index contributed by atoms with van der Waals surface area (Å²) in [5.74, 6) is -0.929. The minimum Gasteiger partial charge on any atom is -0.666 e. The average Bonchev–Trinajstić information content (AvgIpc) is 2.28. The number of hydrogen-bond acceptors (Lipinski definition) is 3. The van der Waals surface area contributed by atoms with Crippen LogP contribution in [0.4, 0.5) is 0 Å². The van der Waals surface area contributed by atoms with Gasteiger partial charge >= 0.3 is 0 Å². The van der Waals surface area contributed by atoms with Crippen LogP contribution in [0.15, 0.2) is 35.2 Å². The van der Waals surface area contributed by atoms with Gasteiger partial charge < -0.3 is 18.0 Å². The van der Waals surface area contributed by atoms with Gasteiger partial charge in [0.2, 0.25) is 10.0 Å². The topological polar surface area (TPSA) is 78.2 Å². The molecule has 0 heterocycles. The van der Waals surface area contributed by atoms with Crippen LogP contribution in [0.5, 0.6) is 0 Å².